The molecule has 2 aromatic rings. The second-order valence-electron chi connectivity index (χ2n) is 7.08. The van der Waals surface area contributed by atoms with E-state index in [0.717, 1.165) is 21.7 Å². The number of nitrogens with zero attached hydrogens (tertiary/aromatic N) is 4. The molecule has 1 aliphatic rings. The van der Waals surface area contributed by atoms with Crippen LogP contribution < -0.4 is 5.01 Å². The number of carbonyl (C=O) groups is 2. The molecule has 2 unspecified atom stereocenters. The molecule has 8 nitrogen and oxygen atoms in total. The van der Waals surface area contributed by atoms with Crippen LogP contribution in [-0.2, 0) is 16.1 Å². The Hall–Kier alpha value is -3.34. The molecular weight excluding hydrogens is 417 g/mol. The van der Waals surface area contributed by atoms with Gasteiger partial charge in [-0.2, -0.15) is 18.3 Å². The molecule has 0 aliphatic carbocycles. The maximum absolute atomic E-state index is 13.2. The summed E-state index contributed by atoms with van der Waals surface area (Å²) >= 11 is 0. The molecule has 166 valence electrons. The highest BCUT2D eigenvalue weighted by molar-refractivity contribution is 6.09. The molecule has 0 fully saturated rings. The highest BCUT2D eigenvalue weighted by Crippen LogP contribution is 2.35. The van der Waals surface area contributed by atoms with Crippen molar-refractivity contribution in [2.45, 2.75) is 32.7 Å². The summed E-state index contributed by atoms with van der Waals surface area (Å²) in [6, 6.07) is 6.63. The van der Waals surface area contributed by atoms with Crippen molar-refractivity contribution < 1.29 is 33.0 Å². The number of hydrazine groups is 1. The number of carboxylic acids is 1. The number of rotatable bonds is 6. The van der Waals surface area contributed by atoms with Crippen LogP contribution in [0.5, 0.6) is 0 Å². The molecule has 2 N–H and O–H groups in total. The van der Waals surface area contributed by atoms with Crippen LogP contribution in [-0.4, -0.2) is 55.7 Å². The lowest BCUT2D eigenvalue weighted by molar-refractivity contribution is -0.206. The third-order valence-corrected chi connectivity index (χ3v) is 4.84. The summed E-state index contributed by atoms with van der Waals surface area (Å²) in [5.74, 6) is -4.03. The van der Waals surface area contributed by atoms with E-state index in [1.165, 1.54) is 17.1 Å². The number of halogens is 3. The quantitative estimate of drug-likeness (QED) is 0.673. The minimum atomic E-state index is -4.94. The second kappa shape index (κ2) is 8.42. The van der Waals surface area contributed by atoms with Gasteiger partial charge in [0.1, 0.15) is 5.69 Å². The molecule has 1 aromatic heterocycles. The Labute approximate surface area is 175 Å². The third kappa shape index (κ3) is 4.55. The lowest BCUT2D eigenvalue weighted by Crippen LogP contribution is -2.56. The Balaban J connectivity index is 2.17. The van der Waals surface area contributed by atoms with E-state index in [1.54, 1.807) is 31.2 Å². The van der Waals surface area contributed by atoms with E-state index < -0.39 is 36.6 Å². The summed E-state index contributed by atoms with van der Waals surface area (Å²) in [6.07, 6.45) is -3.95. The normalized spacial score (nSPS) is 18.2. The Morgan fingerprint density at radius 3 is 2.42 bits per heavy atom. The molecule has 2 heterocycles. The zero-order valence-electron chi connectivity index (χ0n) is 16.7. The van der Waals surface area contributed by atoms with E-state index in [9.17, 15) is 33.0 Å². The van der Waals surface area contributed by atoms with Gasteiger partial charge in [-0.05, 0) is 25.5 Å². The molecule has 1 aromatic carbocycles. The maximum atomic E-state index is 13.2. The summed E-state index contributed by atoms with van der Waals surface area (Å²) in [7, 11) is 0. The van der Waals surface area contributed by atoms with Gasteiger partial charge in [-0.15, -0.1) is 0 Å². The van der Waals surface area contributed by atoms with E-state index in [0.29, 0.717) is 12.1 Å². The first-order chi connectivity index (χ1) is 14.5. The monoisotopic (exact) mass is 438 g/mol. The Morgan fingerprint density at radius 1 is 1.26 bits per heavy atom. The van der Waals surface area contributed by atoms with Crippen LogP contribution in [0.1, 0.15) is 18.1 Å². The van der Waals surface area contributed by atoms with Crippen LogP contribution in [0, 0.1) is 12.8 Å². The fourth-order valence-electron chi connectivity index (χ4n) is 3.17. The first-order valence-electron chi connectivity index (χ1n) is 9.43. The van der Waals surface area contributed by atoms with Gasteiger partial charge in [0, 0.05) is 6.54 Å². The summed E-state index contributed by atoms with van der Waals surface area (Å²) in [4.78, 5) is 24.8. The van der Waals surface area contributed by atoms with Gasteiger partial charge < -0.3 is 10.2 Å². The zero-order chi connectivity index (χ0) is 22.9. The van der Waals surface area contributed by atoms with Crippen molar-refractivity contribution in [2.24, 2.45) is 5.92 Å². The molecule has 0 saturated heterocycles. The second-order valence-corrected chi connectivity index (χ2v) is 7.08. The van der Waals surface area contributed by atoms with E-state index in [1.807, 2.05) is 6.92 Å². The molecule has 3 rings (SSSR count). The van der Waals surface area contributed by atoms with Gasteiger partial charge in [0.2, 0.25) is 0 Å². The predicted molar refractivity (Wildman–Crippen MR) is 104 cm³/mol. The number of hydrogen-bond acceptors (Lipinski definition) is 5. The summed E-state index contributed by atoms with van der Waals surface area (Å²) in [5.41, 5.74) is 1.42. The fraction of sp³-hybridized carbons (Fsp3) is 0.350. The molecule has 11 heteroatoms. The van der Waals surface area contributed by atoms with Crippen molar-refractivity contribution in [3.8, 4) is 0 Å². The number of carboxylic acid groups (broad SMARTS) is 1. The van der Waals surface area contributed by atoms with Crippen LogP contribution in [0.3, 0.4) is 0 Å². The number of benzene rings is 1. The molecule has 0 saturated carbocycles. The number of alkyl halides is 3. The topological polar surface area (TPSA) is 98.9 Å². The van der Waals surface area contributed by atoms with Crippen molar-refractivity contribution >= 4 is 23.3 Å². The van der Waals surface area contributed by atoms with Crippen molar-refractivity contribution in [3.63, 3.8) is 0 Å². The van der Waals surface area contributed by atoms with Gasteiger partial charge in [0.05, 0.1) is 24.6 Å². The molecule has 2 atom stereocenters. The lowest BCUT2D eigenvalue weighted by Gasteiger charge is -2.42. The first-order valence-corrected chi connectivity index (χ1v) is 9.43. The summed E-state index contributed by atoms with van der Waals surface area (Å²) in [5, 5.41) is 25.1. The zero-order valence-corrected chi connectivity index (χ0v) is 16.7. The van der Waals surface area contributed by atoms with Gasteiger partial charge in [-0.25, -0.2) is 5.01 Å². The fourth-order valence-corrected chi connectivity index (χ4v) is 3.17. The van der Waals surface area contributed by atoms with Crippen LogP contribution in [0.15, 0.2) is 42.7 Å². The number of carbonyl (C=O) groups excluding carboxylic acids is 1. The highest BCUT2D eigenvalue weighted by atomic mass is 19.4. The summed E-state index contributed by atoms with van der Waals surface area (Å²) < 4.78 is 40.9. The number of aliphatic hydroxyl groups excluding tert-OH is 1. The van der Waals surface area contributed by atoms with E-state index in [2.05, 4.69) is 5.10 Å². The number of amides is 1. The number of aryl methyl sites for hydroxylation is 2. The highest BCUT2D eigenvalue weighted by Gasteiger charge is 2.45. The molecule has 0 radical (unpaired) electrons. The first kappa shape index (κ1) is 22.3. The Morgan fingerprint density at radius 2 is 1.90 bits per heavy atom. The van der Waals surface area contributed by atoms with Crippen molar-refractivity contribution in [2.75, 3.05) is 11.6 Å². The van der Waals surface area contributed by atoms with Gasteiger partial charge >= 0.3 is 12.1 Å². The number of hydrogen-bond donors (Lipinski definition) is 2. The molecule has 1 amide bonds. The molecular formula is C20H21F3N4O4. The minimum Gasteiger partial charge on any atom is -0.480 e. The number of aliphatic carboxylic acids is 1. The van der Waals surface area contributed by atoms with E-state index in [4.69, 9.17) is 0 Å². The number of aromatic nitrogens is 2. The van der Waals surface area contributed by atoms with Gasteiger partial charge in [-0.3, -0.25) is 19.3 Å². The average molecular weight is 438 g/mol. The maximum Gasteiger partial charge on any atom is 0.416 e. The Bertz CT molecular complexity index is 1000. The standard InChI is InChI=1S/C20H21F3N4O4/c1-3-25-10-14(9-24-25)27-18(29)15(19(30)31)8-16(13-6-4-12(2)5-7-13)26(27)11-17(28)20(21,22)23/h4-10,15,17,28H,3,11H2,1-2H3,(H,30,31). The predicted octanol–water partition coefficient (Wildman–Crippen LogP) is 2.44. The molecule has 1 aliphatic heterocycles. The van der Waals surface area contributed by atoms with Gasteiger partial charge in [0.25, 0.3) is 5.91 Å². The van der Waals surface area contributed by atoms with Crippen LogP contribution in [0.25, 0.3) is 5.70 Å². The molecule has 0 bridgehead atoms. The van der Waals surface area contributed by atoms with Crippen LogP contribution in [0.2, 0.25) is 0 Å². The smallest absolute Gasteiger partial charge is 0.416 e. The Kier molecular flexibility index (Phi) is 6.07. The van der Waals surface area contributed by atoms with E-state index >= 15 is 0 Å². The minimum absolute atomic E-state index is 0.0551. The van der Waals surface area contributed by atoms with Crippen molar-refractivity contribution in [3.05, 3.63) is 53.9 Å². The molecule has 31 heavy (non-hydrogen) atoms. The average Bonchev–Trinajstić information content (AvgIpc) is 3.17. The SMILES string of the molecule is CCn1cc(N2C(=O)C(C(=O)O)C=C(c3ccc(C)cc3)N2CC(O)C(F)(F)F)cn1. The van der Waals surface area contributed by atoms with E-state index in [-0.39, 0.29) is 11.4 Å². The van der Waals surface area contributed by atoms with Crippen molar-refractivity contribution in [1.82, 2.24) is 14.8 Å². The third-order valence-electron chi connectivity index (χ3n) is 4.84. The van der Waals surface area contributed by atoms with Crippen LogP contribution >= 0.6 is 0 Å². The number of anilines is 1. The largest absolute Gasteiger partial charge is 0.480 e. The number of β-amino-alcohol motifs (C(OH)–C–C–N with tert-alkyl or cyclic N) is 1. The lowest BCUT2D eigenvalue weighted by atomic mass is 9.99. The molecule has 0 spiro atoms. The summed E-state index contributed by atoms with van der Waals surface area (Å²) in [6.45, 7) is 3.01. The van der Waals surface area contributed by atoms with Crippen LogP contribution in [0.4, 0.5) is 18.9 Å². The van der Waals surface area contributed by atoms with Gasteiger partial charge in [-0.1, -0.05) is 29.8 Å². The van der Waals surface area contributed by atoms with Gasteiger partial charge in [0.15, 0.2) is 12.0 Å². The van der Waals surface area contributed by atoms with Crippen molar-refractivity contribution in [1.29, 1.82) is 0 Å². The number of aliphatic hydroxyl groups is 1.